The number of pyridine rings is 1. The summed E-state index contributed by atoms with van der Waals surface area (Å²) in [5, 5.41) is 13.1. The van der Waals surface area contributed by atoms with E-state index in [2.05, 4.69) is 10.3 Å². The van der Waals surface area contributed by atoms with Crippen LogP contribution in [0.5, 0.6) is 11.6 Å². The lowest BCUT2D eigenvalue weighted by atomic mass is 10.1. The molecule has 2 N–H and O–H groups in total. The van der Waals surface area contributed by atoms with Crippen molar-refractivity contribution in [2.75, 3.05) is 7.11 Å². The summed E-state index contributed by atoms with van der Waals surface area (Å²) in [6, 6.07) is 9.89. The zero-order chi connectivity index (χ0) is 13.9. The smallest absolute Gasteiger partial charge is 0.217 e. The van der Waals surface area contributed by atoms with Gasteiger partial charge in [0.2, 0.25) is 5.88 Å². The summed E-state index contributed by atoms with van der Waals surface area (Å²) in [7, 11) is 1.64. The number of rotatable bonds is 4. The van der Waals surface area contributed by atoms with Gasteiger partial charge in [0.15, 0.2) is 0 Å². The summed E-state index contributed by atoms with van der Waals surface area (Å²) in [4.78, 5) is 4.20. The molecule has 0 aliphatic heterocycles. The quantitative estimate of drug-likeness (QED) is 0.896. The van der Waals surface area contributed by atoms with Crippen LogP contribution >= 0.6 is 0 Å². The molecule has 4 heteroatoms. The van der Waals surface area contributed by atoms with Gasteiger partial charge in [-0.25, -0.2) is 4.98 Å². The van der Waals surface area contributed by atoms with Gasteiger partial charge in [-0.15, -0.1) is 0 Å². The fraction of sp³-hybridized carbons (Fsp3) is 0.312. The SMILES string of the molecule is COc1ncccc1CNC1CCc2cc(O)ccc21. The monoisotopic (exact) mass is 270 g/mol. The van der Waals surface area contributed by atoms with Crippen LogP contribution in [0.4, 0.5) is 0 Å². The molecule has 104 valence electrons. The van der Waals surface area contributed by atoms with Gasteiger partial charge in [-0.2, -0.15) is 0 Å². The van der Waals surface area contributed by atoms with Gasteiger partial charge in [-0.05, 0) is 42.2 Å². The lowest BCUT2D eigenvalue weighted by molar-refractivity contribution is 0.388. The Kier molecular flexibility index (Phi) is 3.56. The first-order chi connectivity index (χ1) is 9.78. The van der Waals surface area contributed by atoms with Crippen molar-refractivity contribution in [3.8, 4) is 11.6 Å². The summed E-state index contributed by atoms with van der Waals surface area (Å²) in [6.45, 7) is 0.724. The van der Waals surface area contributed by atoms with Crippen molar-refractivity contribution in [3.63, 3.8) is 0 Å². The van der Waals surface area contributed by atoms with Gasteiger partial charge in [0.25, 0.3) is 0 Å². The molecule has 0 fully saturated rings. The highest BCUT2D eigenvalue weighted by molar-refractivity contribution is 5.40. The highest BCUT2D eigenvalue weighted by Gasteiger charge is 2.22. The average Bonchev–Trinajstić information content (AvgIpc) is 2.87. The standard InChI is InChI=1S/C16H18N2O2/c1-20-16-12(3-2-8-17-16)10-18-15-7-4-11-9-13(19)5-6-14(11)15/h2-3,5-6,8-9,15,18-19H,4,7,10H2,1H3. The van der Waals surface area contributed by atoms with E-state index in [4.69, 9.17) is 4.74 Å². The molecule has 0 spiro atoms. The minimum Gasteiger partial charge on any atom is -0.508 e. The van der Waals surface area contributed by atoms with E-state index in [9.17, 15) is 5.11 Å². The van der Waals surface area contributed by atoms with Crippen LogP contribution < -0.4 is 10.1 Å². The van der Waals surface area contributed by atoms with E-state index in [0.717, 1.165) is 24.9 Å². The summed E-state index contributed by atoms with van der Waals surface area (Å²) in [6.07, 6.45) is 3.79. The molecule has 1 atom stereocenters. The molecule has 1 heterocycles. The molecule has 1 unspecified atom stereocenters. The second-order valence-corrected chi connectivity index (χ2v) is 5.03. The van der Waals surface area contributed by atoms with Crippen LogP contribution in [0.3, 0.4) is 0 Å². The summed E-state index contributed by atoms with van der Waals surface area (Å²) in [5.41, 5.74) is 3.58. The van der Waals surface area contributed by atoms with Crippen LogP contribution in [0.1, 0.15) is 29.2 Å². The molecule has 4 nitrogen and oxygen atoms in total. The maximum absolute atomic E-state index is 9.51. The third kappa shape index (κ3) is 2.47. The Balaban J connectivity index is 1.72. The number of methoxy groups -OCH3 is 1. The highest BCUT2D eigenvalue weighted by atomic mass is 16.5. The van der Waals surface area contributed by atoms with Crippen LogP contribution in [0.15, 0.2) is 36.5 Å². The maximum atomic E-state index is 9.51. The van der Waals surface area contributed by atoms with Gasteiger partial charge in [-0.3, -0.25) is 0 Å². The Morgan fingerprint density at radius 3 is 3.15 bits per heavy atom. The summed E-state index contributed by atoms with van der Waals surface area (Å²) >= 11 is 0. The first kappa shape index (κ1) is 12.9. The molecule has 20 heavy (non-hydrogen) atoms. The van der Waals surface area contributed by atoms with Gasteiger partial charge in [-0.1, -0.05) is 12.1 Å². The Morgan fingerprint density at radius 2 is 2.30 bits per heavy atom. The van der Waals surface area contributed by atoms with Gasteiger partial charge < -0.3 is 15.2 Å². The molecule has 0 bridgehead atoms. The molecule has 0 amide bonds. The number of benzene rings is 1. The van der Waals surface area contributed by atoms with E-state index < -0.39 is 0 Å². The molecule has 0 radical (unpaired) electrons. The number of nitrogens with one attached hydrogen (secondary N) is 1. The Bertz CT molecular complexity index is 613. The second kappa shape index (κ2) is 5.51. The average molecular weight is 270 g/mol. The van der Waals surface area contributed by atoms with E-state index in [1.807, 2.05) is 24.3 Å². The van der Waals surface area contributed by atoms with Crippen molar-refractivity contribution in [2.45, 2.75) is 25.4 Å². The summed E-state index contributed by atoms with van der Waals surface area (Å²) in [5.74, 6) is 1.02. The molecule has 2 aromatic rings. The normalized spacial score (nSPS) is 16.9. The second-order valence-electron chi connectivity index (χ2n) is 5.03. The fourth-order valence-electron chi connectivity index (χ4n) is 2.79. The highest BCUT2D eigenvalue weighted by Crippen LogP contribution is 2.33. The first-order valence-electron chi connectivity index (χ1n) is 6.81. The number of aryl methyl sites for hydroxylation is 1. The third-order valence-corrected chi connectivity index (χ3v) is 3.79. The number of phenols is 1. The third-order valence-electron chi connectivity index (χ3n) is 3.79. The van der Waals surface area contributed by atoms with Gasteiger partial charge in [0, 0.05) is 24.3 Å². The van der Waals surface area contributed by atoms with Crippen molar-refractivity contribution >= 4 is 0 Å². The lowest BCUT2D eigenvalue weighted by Crippen LogP contribution is -2.19. The molecule has 1 aromatic heterocycles. The topological polar surface area (TPSA) is 54.4 Å². The van der Waals surface area contributed by atoms with E-state index >= 15 is 0 Å². The predicted octanol–water partition coefficient (Wildman–Crippen LogP) is 2.57. The molecule has 0 saturated carbocycles. The van der Waals surface area contributed by atoms with Crippen molar-refractivity contribution in [1.82, 2.24) is 10.3 Å². The van der Waals surface area contributed by atoms with Crippen LogP contribution in [0.2, 0.25) is 0 Å². The molecular formula is C16H18N2O2. The molecule has 1 aromatic carbocycles. The Morgan fingerprint density at radius 1 is 1.40 bits per heavy atom. The Hall–Kier alpha value is -2.07. The van der Waals surface area contributed by atoms with Crippen LogP contribution in [0.25, 0.3) is 0 Å². The van der Waals surface area contributed by atoms with E-state index in [1.165, 1.54) is 11.1 Å². The van der Waals surface area contributed by atoms with E-state index in [0.29, 0.717) is 17.7 Å². The summed E-state index contributed by atoms with van der Waals surface area (Å²) < 4.78 is 5.26. The van der Waals surface area contributed by atoms with Crippen LogP contribution in [-0.2, 0) is 13.0 Å². The van der Waals surface area contributed by atoms with Crippen LogP contribution in [-0.4, -0.2) is 17.2 Å². The largest absolute Gasteiger partial charge is 0.508 e. The van der Waals surface area contributed by atoms with E-state index in [-0.39, 0.29) is 0 Å². The lowest BCUT2D eigenvalue weighted by Gasteiger charge is -2.15. The number of aromatic nitrogens is 1. The number of ether oxygens (including phenoxy) is 1. The number of aromatic hydroxyl groups is 1. The molecule has 1 aliphatic rings. The molecule has 3 rings (SSSR count). The number of hydrogen-bond donors (Lipinski definition) is 2. The maximum Gasteiger partial charge on any atom is 0.217 e. The zero-order valence-corrected chi connectivity index (χ0v) is 11.5. The molecular weight excluding hydrogens is 252 g/mol. The Labute approximate surface area is 118 Å². The van der Waals surface area contributed by atoms with Gasteiger partial charge >= 0.3 is 0 Å². The minimum atomic E-state index is 0.329. The van der Waals surface area contributed by atoms with Crippen molar-refractivity contribution in [3.05, 3.63) is 53.2 Å². The van der Waals surface area contributed by atoms with Gasteiger partial charge in [0.1, 0.15) is 5.75 Å². The van der Waals surface area contributed by atoms with E-state index in [1.54, 1.807) is 19.4 Å². The molecule has 1 aliphatic carbocycles. The van der Waals surface area contributed by atoms with Crippen molar-refractivity contribution in [1.29, 1.82) is 0 Å². The fourth-order valence-corrected chi connectivity index (χ4v) is 2.79. The number of fused-ring (bicyclic) bond motifs is 1. The molecule has 0 saturated heterocycles. The number of nitrogens with zero attached hydrogens (tertiary/aromatic N) is 1. The van der Waals surface area contributed by atoms with Crippen molar-refractivity contribution in [2.24, 2.45) is 0 Å². The van der Waals surface area contributed by atoms with Gasteiger partial charge in [0.05, 0.1) is 7.11 Å². The number of hydrogen-bond acceptors (Lipinski definition) is 4. The number of phenolic OH excluding ortho intramolecular Hbond substituents is 1. The van der Waals surface area contributed by atoms with Crippen LogP contribution in [0, 0.1) is 0 Å². The first-order valence-corrected chi connectivity index (χ1v) is 6.81. The zero-order valence-electron chi connectivity index (χ0n) is 11.5. The minimum absolute atomic E-state index is 0.329. The van der Waals surface area contributed by atoms with Crippen molar-refractivity contribution < 1.29 is 9.84 Å². The predicted molar refractivity (Wildman–Crippen MR) is 76.8 cm³/mol.